The van der Waals surface area contributed by atoms with Crippen LogP contribution in [0.3, 0.4) is 0 Å². The quantitative estimate of drug-likeness (QED) is 0.627. The molecule has 0 atom stereocenters. The number of amides is 2. The second-order valence-electron chi connectivity index (χ2n) is 7.76. The highest BCUT2D eigenvalue weighted by atomic mass is 16.2. The molecular weight excluding hydrogens is 376 g/mol. The van der Waals surface area contributed by atoms with E-state index in [1.807, 2.05) is 47.3 Å². The van der Waals surface area contributed by atoms with Crippen molar-refractivity contribution in [3.8, 4) is 0 Å². The van der Waals surface area contributed by atoms with E-state index in [4.69, 9.17) is 0 Å². The molecule has 154 valence electrons. The number of aromatic nitrogens is 2. The van der Waals surface area contributed by atoms with Crippen molar-refractivity contribution in [2.24, 2.45) is 5.92 Å². The minimum Gasteiger partial charge on any atom is -0.326 e. The first-order valence-electron chi connectivity index (χ1n) is 10.5. The minimum atomic E-state index is -0.208. The molecule has 2 N–H and O–H groups in total. The summed E-state index contributed by atoms with van der Waals surface area (Å²) in [5.41, 5.74) is 2.94. The molecule has 1 aliphatic carbocycles. The van der Waals surface area contributed by atoms with Crippen LogP contribution >= 0.6 is 0 Å². The van der Waals surface area contributed by atoms with Crippen LogP contribution in [-0.2, 0) is 11.3 Å². The molecule has 0 spiro atoms. The summed E-state index contributed by atoms with van der Waals surface area (Å²) in [5.74, 6) is -0.0765. The Morgan fingerprint density at radius 2 is 1.70 bits per heavy atom. The van der Waals surface area contributed by atoms with E-state index in [1.165, 1.54) is 6.42 Å². The van der Waals surface area contributed by atoms with Gasteiger partial charge in [0.15, 0.2) is 0 Å². The Hall–Kier alpha value is -3.41. The number of benzene rings is 2. The van der Waals surface area contributed by atoms with Gasteiger partial charge in [0.25, 0.3) is 5.91 Å². The average molecular weight is 402 g/mol. The number of carbonyl (C=O) groups excluding carboxylic acids is 2. The number of hydrogen-bond acceptors (Lipinski definition) is 3. The second kappa shape index (κ2) is 9.39. The van der Waals surface area contributed by atoms with Crippen LogP contribution in [0, 0.1) is 5.92 Å². The van der Waals surface area contributed by atoms with Gasteiger partial charge in [-0.25, -0.2) is 0 Å². The van der Waals surface area contributed by atoms with Crippen molar-refractivity contribution in [1.82, 2.24) is 9.78 Å². The van der Waals surface area contributed by atoms with E-state index in [9.17, 15) is 9.59 Å². The Morgan fingerprint density at radius 1 is 0.933 bits per heavy atom. The van der Waals surface area contributed by atoms with E-state index >= 15 is 0 Å². The molecule has 0 bridgehead atoms. The van der Waals surface area contributed by atoms with Gasteiger partial charge in [-0.1, -0.05) is 37.5 Å². The van der Waals surface area contributed by atoms with Gasteiger partial charge in [-0.05, 0) is 54.8 Å². The monoisotopic (exact) mass is 402 g/mol. The van der Waals surface area contributed by atoms with Gasteiger partial charge >= 0.3 is 0 Å². The van der Waals surface area contributed by atoms with Crippen LogP contribution in [-0.4, -0.2) is 21.6 Å². The van der Waals surface area contributed by atoms with Crippen molar-refractivity contribution >= 4 is 23.2 Å². The van der Waals surface area contributed by atoms with Crippen molar-refractivity contribution < 1.29 is 9.59 Å². The smallest absolute Gasteiger partial charge is 0.255 e. The van der Waals surface area contributed by atoms with E-state index in [0.717, 1.165) is 36.9 Å². The Kier molecular flexibility index (Phi) is 6.23. The minimum absolute atomic E-state index is 0.0542. The summed E-state index contributed by atoms with van der Waals surface area (Å²) in [7, 11) is 0. The summed E-state index contributed by atoms with van der Waals surface area (Å²) in [6.45, 7) is 0.638. The third-order valence-corrected chi connectivity index (χ3v) is 5.46. The maximum atomic E-state index is 12.7. The molecule has 0 aliphatic heterocycles. The molecule has 2 aromatic carbocycles. The summed E-state index contributed by atoms with van der Waals surface area (Å²) in [5, 5.41) is 10.1. The van der Waals surface area contributed by atoms with Gasteiger partial charge in [0.2, 0.25) is 5.91 Å². The van der Waals surface area contributed by atoms with Crippen molar-refractivity contribution in [1.29, 1.82) is 0 Å². The molecule has 0 saturated heterocycles. The van der Waals surface area contributed by atoms with E-state index in [1.54, 1.807) is 24.4 Å². The SMILES string of the molecule is O=C(Nc1cccc(Cn2cccn2)c1)c1cccc(NC(=O)C2CCCCC2)c1. The van der Waals surface area contributed by atoms with Crippen molar-refractivity contribution in [2.45, 2.75) is 38.6 Å². The molecule has 1 heterocycles. The topological polar surface area (TPSA) is 76.0 Å². The number of rotatable bonds is 6. The lowest BCUT2D eigenvalue weighted by Gasteiger charge is -2.20. The average Bonchev–Trinajstić information content (AvgIpc) is 3.28. The molecule has 1 saturated carbocycles. The number of hydrogen-bond donors (Lipinski definition) is 2. The van der Waals surface area contributed by atoms with Gasteiger partial charge in [-0.3, -0.25) is 14.3 Å². The van der Waals surface area contributed by atoms with Crippen molar-refractivity contribution in [3.63, 3.8) is 0 Å². The lowest BCUT2D eigenvalue weighted by molar-refractivity contribution is -0.120. The van der Waals surface area contributed by atoms with Gasteiger partial charge in [0, 0.05) is 35.2 Å². The fraction of sp³-hybridized carbons (Fsp3) is 0.292. The van der Waals surface area contributed by atoms with Crippen molar-refractivity contribution in [3.05, 3.63) is 78.1 Å². The van der Waals surface area contributed by atoms with E-state index in [0.29, 0.717) is 17.8 Å². The van der Waals surface area contributed by atoms with Crippen LogP contribution in [0.15, 0.2) is 67.0 Å². The number of nitrogens with zero attached hydrogens (tertiary/aromatic N) is 2. The van der Waals surface area contributed by atoms with E-state index in [-0.39, 0.29) is 17.7 Å². The summed E-state index contributed by atoms with van der Waals surface area (Å²) < 4.78 is 1.83. The number of anilines is 2. The van der Waals surface area contributed by atoms with Crippen LogP contribution in [0.2, 0.25) is 0 Å². The molecule has 2 amide bonds. The molecule has 0 unspecified atom stereocenters. The molecule has 0 radical (unpaired) electrons. The normalized spacial score (nSPS) is 14.3. The Bertz CT molecular complexity index is 1010. The van der Waals surface area contributed by atoms with Crippen LogP contribution in [0.4, 0.5) is 11.4 Å². The highest BCUT2D eigenvalue weighted by Gasteiger charge is 2.21. The third kappa shape index (κ3) is 5.14. The van der Waals surface area contributed by atoms with E-state index in [2.05, 4.69) is 15.7 Å². The van der Waals surface area contributed by atoms with Crippen LogP contribution in [0.1, 0.15) is 48.0 Å². The molecule has 30 heavy (non-hydrogen) atoms. The van der Waals surface area contributed by atoms with Gasteiger partial charge in [0.1, 0.15) is 0 Å². The predicted octanol–water partition coefficient (Wildman–Crippen LogP) is 4.70. The van der Waals surface area contributed by atoms with Gasteiger partial charge in [-0.2, -0.15) is 5.10 Å². The molecule has 1 aromatic heterocycles. The molecule has 4 rings (SSSR count). The summed E-state index contributed by atoms with van der Waals surface area (Å²) in [6.07, 6.45) is 8.97. The zero-order valence-corrected chi connectivity index (χ0v) is 16.9. The maximum absolute atomic E-state index is 12.7. The maximum Gasteiger partial charge on any atom is 0.255 e. The second-order valence-corrected chi connectivity index (χ2v) is 7.76. The first-order valence-corrected chi connectivity index (χ1v) is 10.5. The fourth-order valence-corrected chi connectivity index (χ4v) is 3.88. The van der Waals surface area contributed by atoms with E-state index < -0.39 is 0 Å². The largest absolute Gasteiger partial charge is 0.326 e. The lowest BCUT2D eigenvalue weighted by Crippen LogP contribution is -2.24. The van der Waals surface area contributed by atoms with Gasteiger partial charge in [0.05, 0.1) is 6.54 Å². The zero-order valence-electron chi connectivity index (χ0n) is 16.9. The summed E-state index contributed by atoms with van der Waals surface area (Å²) >= 11 is 0. The molecule has 6 heteroatoms. The number of nitrogens with one attached hydrogen (secondary N) is 2. The van der Waals surface area contributed by atoms with Crippen molar-refractivity contribution in [2.75, 3.05) is 10.6 Å². The van der Waals surface area contributed by atoms with Crippen LogP contribution < -0.4 is 10.6 Å². The number of carbonyl (C=O) groups is 2. The first-order chi connectivity index (χ1) is 14.7. The predicted molar refractivity (Wildman–Crippen MR) is 117 cm³/mol. The fourth-order valence-electron chi connectivity index (χ4n) is 3.88. The molecule has 1 aliphatic rings. The highest BCUT2D eigenvalue weighted by molar-refractivity contribution is 6.05. The molecule has 6 nitrogen and oxygen atoms in total. The van der Waals surface area contributed by atoms with Crippen LogP contribution in [0.25, 0.3) is 0 Å². The van der Waals surface area contributed by atoms with Crippen LogP contribution in [0.5, 0.6) is 0 Å². The standard InChI is InChI=1S/C24H26N4O2/c29-23(19-8-2-1-3-9-19)27-22-12-5-10-20(16-22)24(30)26-21-11-4-7-18(15-21)17-28-14-6-13-25-28/h4-7,10-16,19H,1-3,8-9,17H2,(H,26,30)(H,27,29). The lowest BCUT2D eigenvalue weighted by atomic mass is 9.88. The summed E-state index contributed by atoms with van der Waals surface area (Å²) in [6, 6.07) is 16.7. The third-order valence-electron chi connectivity index (χ3n) is 5.46. The van der Waals surface area contributed by atoms with Gasteiger partial charge < -0.3 is 10.6 Å². The Balaban J connectivity index is 1.40. The highest BCUT2D eigenvalue weighted by Crippen LogP contribution is 2.25. The first kappa shape index (κ1) is 19.9. The molecule has 3 aromatic rings. The Morgan fingerprint density at radius 3 is 2.47 bits per heavy atom. The summed E-state index contributed by atoms with van der Waals surface area (Å²) in [4.78, 5) is 25.2. The zero-order chi connectivity index (χ0) is 20.8. The molecule has 1 fully saturated rings. The van der Waals surface area contributed by atoms with Gasteiger partial charge in [-0.15, -0.1) is 0 Å². The molecular formula is C24H26N4O2. The Labute approximate surface area is 176 Å².